The molecular formula is C79H79NO12. The summed E-state index contributed by atoms with van der Waals surface area (Å²) in [5, 5.41) is 3.83. The van der Waals surface area contributed by atoms with Crippen molar-refractivity contribution in [2.24, 2.45) is 11.8 Å². The van der Waals surface area contributed by atoms with Crippen LogP contribution >= 0.6 is 0 Å². The number of amides is 1. The maximum Gasteiger partial charge on any atom is 0.239 e. The Kier molecular flexibility index (Phi) is 21.3. The van der Waals surface area contributed by atoms with Gasteiger partial charge in [0.25, 0.3) is 0 Å². The number of carbonyl (C=O) groups excluding carboxylic acids is 2. The fraction of sp³-hybridized carbons (Fsp3) is 0.291. The maximum absolute atomic E-state index is 14.7. The van der Waals surface area contributed by atoms with E-state index in [0.29, 0.717) is 120 Å². The third-order valence-corrected chi connectivity index (χ3v) is 17.1. The van der Waals surface area contributed by atoms with Crippen LogP contribution in [-0.2, 0) is 36.0 Å². The maximum atomic E-state index is 14.7. The molecule has 1 saturated carbocycles. The summed E-state index contributed by atoms with van der Waals surface area (Å²) in [5.74, 6) is 3.88. The lowest BCUT2D eigenvalue weighted by atomic mass is 9.79. The smallest absolute Gasteiger partial charge is 0.239 e. The molecule has 2 aromatic heterocycles. The number of benzene rings is 8. The molecule has 8 aromatic carbocycles. The van der Waals surface area contributed by atoms with Crippen LogP contribution in [0.5, 0.6) is 34.5 Å². The standard InChI is InChI=1S/C79H79NO12/c1-52-41-68(90-51-61-25-15-8-16-26-61)73-69(42-52)91-77(63-35-29-53(2)67(45-63)89-50-60-23-13-7-14-24-60)79(75(73)84)85-39-17-27-64(81)37-34-56-30-32-57(33-31-56)47-80-71(82)28-18-40-86-78-74(83)72-55(4)44-65(87-48-58-19-9-5-10-20-58)46-70(72)92-76(78)62-36-38-66(54(3)43-62)88-49-59-21-11-6-12-22-59/h5-16,19-26,29,35-36,38,41-46,56-57H,17-18,27-28,30-34,37,39-40,47-51H2,1-4H3,(H,80,82). The molecule has 1 aliphatic carbocycles. The van der Waals surface area contributed by atoms with Gasteiger partial charge < -0.3 is 42.6 Å². The Morgan fingerprint density at radius 3 is 1.53 bits per heavy atom. The van der Waals surface area contributed by atoms with Gasteiger partial charge in [-0.15, -0.1) is 0 Å². The molecule has 1 aliphatic rings. The van der Waals surface area contributed by atoms with Crippen LogP contribution in [0, 0.1) is 39.5 Å². The molecule has 0 bridgehead atoms. The highest BCUT2D eigenvalue weighted by Gasteiger charge is 2.26. The van der Waals surface area contributed by atoms with E-state index < -0.39 is 0 Å². The van der Waals surface area contributed by atoms with Crippen LogP contribution in [0.1, 0.15) is 109 Å². The molecule has 2 heterocycles. The molecule has 92 heavy (non-hydrogen) atoms. The molecule has 1 N–H and O–H groups in total. The van der Waals surface area contributed by atoms with Crippen molar-refractivity contribution in [2.75, 3.05) is 19.8 Å². The second-order valence-corrected chi connectivity index (χ2v) is 24.2. The highest BCUT2D eigenvalue weighted by molar-refractivity contribution is 5.89. The van der Waals surface area contributed by atoms with E-state index in [-0.39, 0.29) is 77.2 Å². The van der Waals surface area contributed by atoms with Crippen molar-refractivity contribution in [3.8, 4) is 57.1 Å². The largest absolute Gasteiger partial charge is 0.489 e. The Morgan fingerprint density at radius 2 is 0.946 bits per heavy atom. The minimum atomic E-state index is -0.359. The van der Waals surface area contributed by atoms with E-state index in [1.54, 1.807) is 6.07 Å². The molecule has 472 valence electrons. The van der Waals surface area contributed by atoms with Gasteiger partial charge in [0, 0.05) is 43.0 Å². The molecule has 0 spiro atoms. The fourth-order valence-corrected chi connectivity index (χ4v) is 11.9. The molecule has 13 heteroatoms. The van der Waals surface area contributed by atoms with E-state index in [1.807, 2.05) is 204 Å². The van der Waals surface area contributed by atoms with Crippen molar-refractivity contribution in [2.45, 2.75) is 118 Å². The van der Waals surface area contributed by atoms with Crippen LogP contribution in [0.4, 0.5) is 0 Å². The first-order valence-corrected chi connectivity index (χ1v) is 32.0. The van der Waals surface area contributed by atoms with Crippen LogP contribution in [0.25, 0.3) is 44.6 Å². The second-order valence-electron chi connectivity index (χ2n) is 24.2. The molecule has 1 amide bonds. The summed E-state index contributed by atoms with van der Waals surface area (Å²) in [7, 11) is 0. The van der Waals surface area contributed by atoms with Gasteiger partial charge in [-0.05, 0) is 159 Å². The Labute approximate surface area is 537 Å². The monoisotopic (exact) mass is 1230 g/mol. The summed E-state index contributed by atoms with van der Waals surface area (Å²) in [6.07, 6.45) is 6.53. The number of nitrogens with one attached hydrogen (secondary N) is 1. The van der Waals surface area contributed by atoms with Gasteiger partial charge in [0.15, 0.2) is 11.5 Å². The Bertz CT molecular complexity index is 4270. The third-order valence-electron chi connectivity index (χ3n) is 17.1. The number of aryl methyl sites for hydroxylation is 4. The number of carbonyl (C=O) groups is 2. The average Bonchev–Trinajstić information content (AvgIpc) is 0.778. The zero-order valence-electron chi connectivity index (χ0n) is 52.9. The molecule has 0 atom stereocenters. The van der Waals surface area contributed by atoms with Crippen LogP contribution in [-0.4, -0.2) is 31.4 Å². The predicted octanol–water partition coefficient (Wildman–Crippen LogP) is 17.1. The molecule has 11 rings (SSSR count). The van der Waals surface area contributed by atoms with E-state index in [4.69, 9.17) is 37.3 Å². The molecule has 0 saturated heterocycles. The summed E-state index contributed by atoms with van der Waals surface area (Å²) in [4.78, 5) is 55.9. The summed E-state index contributed by atoms with van der Waals surface area (Å²) in [5.41, 5.74) is 8.77. The highest BCUT2D eigenvalue weighted by Crippen LogP contribution is 2.40. The van der Waals surface area contributed by atoms with Gasteiger partial charge in [-0.25, -0.2) is 0 Å². The molecular weight excluding hydrogens is 1150 g/mol. The number of hydrogen-bond acceptors (Lipinski definition) is 12. The summed E-state index contributed by atoms with van der Waals surface area (Å²) in [6.45, 7) is 9.95. The van der Waals surface area contributed by atoms with Crippen LogP contribution < -0.4 is 44.6 Å². The lowest BCUT2D eigenvalue weighted by Gasteiger charge is -2.28. The van der Waals surface area contributed by atoms with Crippen molar-refractivity contribution >= 4 is 33.6 Å². The number of fused-ring (bicyclic) bond motifs is 2. The Morgan fingerprint density at radius 1 is 0.446 bits per heavy atom. The van der Waals surface area contributed by atoms with Crippen LogP contribution in [0.2, 0.25) is 0 Å². The van der Waals surface area contributed by atoms with Gasteiger partial charge in [0.2, 0.25) is 28.3 Å². The summed E-state index contributed by atoms with van der Waals surface area (Å²) >= 11 is 0. The SMILES string of the molecule is Cc1cc(OCc2ccccc2)c2c(=O)c(OCCCC(=O)CCC3CCC(CNC(=O)CCCOc4c(-c5ccc(OCc6ccccc6)c(C)c5)oc5cc(OCc6ccccc6)cc(C)c5c4=O)CC3)c(-c3ccc(C)c(OCc4ccccc4)c3)oc2c1. The Hall–Kier alpha value is -9.88. The van der Waals surface area contributed by atoms with Crippen LogP contribution in [0.15, 0.2) is 200 Å². The number of ketones is 1. The van der Waals surface area contributed by atoms with E-state index in [0.717, 1.165) is 71.0 Å². The van der Waals surface area contributed by atoms with Gasteiger partial charge in [-0.2, -0.15) is 0 Å². The first-order chi connectivity index (χ1) is 44.9. The normalized spacial score (nSPS) is 13.8. The fourth-order valence-electron chi connectivity index (χ4n) is 11.9. The molecule has 0 radical (unpaired) electrons. The van der Waals surface area contributed by atoms with Gasteiger partial charge >= 0.3 is 0 Å². The van der Waals surface area contributed by atoms with E-state index >= 15 is 0 Å². The van der Waals surface area contributed by atoms with Gasteiger partial charge in [0.1, 0.15) is 71.8 Å². The second kappa shape index (κ2) is 30.8. The Balaban J connectivity index is 0.659. The zero-order valence-corrected chi connectivity index (χ0v) is 52.9. The van der Waals surface area contributed by atoms with Crippen molar-refractivity contribution < 1.29 is 46.8 Å². The minimum absolute atomic E-state index is 0.0511. The lowest BCUT2D eigenvalue weighted by Crippen LogP contribution is -2.31. The first-order valence-electron chi connectivity index (χ1n) is 32.0. The number of ether oxygens (including phenoxy) is 6. The quantitative estimate of drug-likeness (QED) is 0.0442. The van der Waals surface area contributed by atoms with Crippen molar-refractivity contribution in [1.82, 2.24) is 5.32 Å². The van der Waals surface area contributed by atoms with E-state index in [1.165, 1.54) is 0 Å². The predicted molar refractivity (Wildman–Crippen MR) is 360 cm³/mol. The number of hydrogen-bond donors (Lipinski definition) is 1. The van der Waals surface area contributed by atoms with Crippen molar-refractivity contribution in [3.63, 3.8) is 0 Å². The van der Waals surface area contributed by atoms with E-state index in [2.05, 4.69) is 5.32 Å². The third kappa shape index (κ3) is 16.5. The average molecular weight is 1230 g/mol. The number of rotatable bonds is 29. The van der Waals surface area contributed by atoms with Gasteiger partial charge in [0.05, 0.1) is 18.6 Å². The molecule has 0 aliphatic heterocycles. The number of Topliss-reactive ketones (excluding diaryl/α,β-unsaturated/α-hetero) is 1. The van der Waals surface area contributed by atoms with Gasteiger partial charge in [-0.1, -0.05) is 146 Å². The zero-order chi connectivity index (χ0) is 63.8. The summed E-state index contributed by atoms with van der Waals surface area (Å²) < 4.78 is 50.9. The lowest BCUT2D eigenvalue weighted by molar-refractivity contribution is -0.122. The van der Waals surface area contributed by atoms with Crippen molar-refractivity contribution in [3.05, 3.63) is 247 Å². The molecule has 10 aromatic rings. The van der Waals surface area contributed by atoms with Gasteiger partial charge in [-0.3, -0.25) is 19.2 Å². The van der Waals surface area contributed by atoms with E-state index in [9.17, 15) is 19.2 Å². The minimum Gasteiger partial charge on any atom is -0.489 e. The first kappa shape index (κ1) is 63.7. The molecule has 1 fully saturated rings. The molecule has 13 nitrogen and oxygen atoms in total. The van der Waals surface area contributed by atoms with Crippen LogP contribution in [0.3, 0.4) is 0 Å². The molecule has 0 unspecified atom stereocenters. The highest BCUT2D eigenvalue weighted by atomic mass is 16.5. The summed E-state index contributed by atoms with van der Waals surface area (Å²) in [6, 6.07) is 58.2. The van der Waals surface area contributed by atoms with Crippen molar-refractivity contribution in [1.29, 1.82) is 0 Å². The topological polar surface area (TPSA) is 162 Å².